The summed E-state index contributed by atoms with van der Waals surface area (Å²) in [6.45, 7) is 3.05. The molecule has 0 atom stereocenters. The molecule has 1 fully saturated rings. The molecule has 3 aromatic heterocycles. The van der Waals surface area contributed by atoms with Crippen LogP contribution in [0.5, 0.6) is 0 Å². The number of fused-ring (bicyclic) bond motifs is 1. The summed E-state index contributed by atoms with van der Waals surface area (Å²) in [5.74, 6) is 0.466. The van der Waals surface area contributed by atoms with Gasteiger partial charge in [-0.05, 0) is 30.5 Å². The van der Waals surface area contributed by atoms with Gasteiger partial charge >= 0.3 is 5.65 Å². The van der Waals surface area contributed by atoms with Gasteiger partial charge in [-0.1, -0.05) is 4.98 Å². The highest BCUT2D eigenvalue weighted by Crippen LogP contribution is 2.18. The van der Waals surface area contributed by atoms with Crippen LogP contribution in [0.2, 0.25) is 0 Å². The third kappa shape index (κ3) is 3.05. The van der Waals surface area contributed by atoms with E-state index in [0.29, 0.717) is 5.82 Å². The zero-order chi connectivity index (χ0) is 18.9. The molecule has 1 aliphatic rings. The van der Waals surface area contributed by atoms with Gasteiger partial charge in [0.2, 0.25) is 11.2 Å². The van der Waals surface area contributed by atoms with Crippen LogP contribution in [0.15, 0.2) is 61.4 Å². The molecule has 3 N–H and O–H groups in total. The summed E-state index contributed by atoms with van der Waals surface area (Å²) < 4.78 is 4.19. The number of anilines is 2. The summed E-state index contributed by atoms with van der Waals surface area (Å²) in [4.78, 5) is 14.0. The summed E-state index contributed by atoms with van der Waals surface area (Å²) >= 11 is 0. The third-order valence-corrected chi connectivity index (χ3v) is 5.36. The van der Waals surface area contributed by atoms with Gasteiger partial charge in [-0.2, -0.15) is 9.55 Å². The van der Waals surface area contributed by atoms with E-state index in [4.69, 9.17) is 5.73 Å². The third-order valence-electron chi connectivity index (χ3n) is 5.36. The maximum Gasteiger partial charge on any atom is 0.307 e. The molecule has 140 valence electrons. The molecule has 0 unspecified atom stereocenters. The smallest absolute Gasteiger partial charge is 0.307 e. The molecule has 5 rings (SSSR count). The lowest BCUT2D eigenvalue weighted by molar-refractivity contribution is -0.664. The first-order valence-electron chi connectivity index (χ1n) is 9.60. The largest absolute Gasteiger partial charge is 0.380 e. The van der Waals surface area contributed by atoms with E-state index in [9.17, 15) is 0 Å². The van der Waals surface area contributed by atoms with Crippen LogP contribution in [0.25, 0.3) is 16.9 Å². The lowest BCUT2D eigenvalue weighted by Gasteiger charge is -2.16. The molecule has 1 aliphatic heterocycles. The van der Waals surface area contributed by atoms with Crippen LogP contribution in [-0.4, -0.2) is 28.0 Å². The minimum absolute atomic E-state index is 0.466. The molecule has 1 aromatic carbocycles. The predicted molar refractivity (Wildman–Crippen MR) is 107 cm³/mol. The first-order chi connectivity index (χ1) is 13.8. The Kier molecular flexibility index (Phi) is 4.12. The molecule has 4 heterocycles. The summed E-state index contributed by atoms with van der Waals surface area (Å²) in [5, 5.41) is 0. The molecular formula is C21H23N7+2. The van der Waals surface area contributed by atoms with Crippen LogP contribution in [0.1, 0.15) is 18.4 Å². The zero-order valence-corrected chi connectivity index (χ0v) is 15.6. The van der Waals surface area contributed by atoms with Crippen LogP contribution in [0, 0.1) is 0 Å². The highest BCUT2D eigenvalue weighted by Gasteiger charge is 2.16. The average Bonchev–Trinajstić information content (AvgIpc) is 3.40. The number of nitrogens with two attached hydrogens (primary N) is 1. The van der Waals surface area contributed by atoms with Gasteiger partial charge in [-0.25, -0.2) is 4.57 Å². The van der Waals surface area contributed by atoms with Crippen molar-refractivity contribution >= 4 is 22.7 Å². The number of nitrogen functional groups attached to an aromatic ring is 1. The highest BCUT2D eigenvalue weighted by atomic mass is 15.1. The molecule has 7 nitrogen and oxygen atoms in total. The van der Waals surface area contributed by atoms with E-state index in [2.05, 4.69) is 73.2 Å². The Morgan fingerprint density at radius 2 is 1.75 bits per heavy atom. The number of hydrogen-bond donors (Lipinski definition) is 2. The molecule has 0 radical (unpaired) electrons. The van der Waals surface area contributed by atoms with E-state index in [1.807, 2.05) is 10.9 Å². The highest BCUT2D eigenvalue weighted by molar-refractivity contribution is 5.77. The molecule has 4 aromatic rings. The molecule has 28 heavy (non-hydrogen) atoms. The summed E-state index contributed by atoms with van der Waals surface area (Å²) in [5.41, 5.74) is 11.1. The van der Waals surface area contributed by atoms with E-state index < -0.39 is 0 Å². The van der Waals surface area contributed by atoms with E-state index in [0.717, 1.165) is 23.4 Å². The average molecular weight is 373 g/mol. The number of H-pyrrole nitrogens is 1. The van der Waals surface area contributed by atoms with Crippen molar-refractivity contribution in [2.45, 2.75) is 19.4 Å². The molecule has 1 saturated heterocycles. The molecule has 0 spiro atoms. The number of benzene rings is 1. The van der Waals surface area contributed by atoms with E-state index in [-0.39, 0.29) is 0 Å². The van der Waals surface area contributed by atoms with Crippen LogP contribution in [0.4, 0.5) is 11.5 Å². The zero-order valence-electron chi connectivity index (χ0n) is 15.6. The first-order valence-corrected chi connectivity index (χ1v) is 9.60. The van der Waals surface area contributed by atoms with Crippen LogP contribution in [0.3, 0.4) is 0 Å². The maximum atomic E-state index is 5.90. The Balaban J connectivity index is 1.34. The van der Waals surface area contributed by atoms with Crippen molar-refractivity contribution in [3.05, 3.63) is 67.0 Å². The van der Waals surface area contributed by atoms with Gasteiger partial charge in [0, 0.05) is 43.0 Å². The number of aromatic amines is 1. The van der Waals surface area contributed by atoms with Gasteiger partial charge in [0.05, 0.1) is 6.54 Å². The van der Waals surface area contributed by atoms with Gasteiger partial charge in [-0.3, -0.25) is 4.98 Å². The van der Waals surface area contributed by atoms with Crippen molar-refractivity contribution in [2.24, 2.45) is 0 Å². The van der Waals surface area contributed by atoms with Crippen molar-refractivity contribution in [1.29, 1.82) is 0 Å². The van der Waals surface area contributed by atoms with Crippen molar-refractivity contribution < 1.29 is 9.13 Å². The van der Waals surface area contributed by atoms with Gasteiger partial charge in [0.1, 0.15) is 0 Å². The fourth-order valence-electron chi connectivity index (χ4n) is 3.82. The quantitative estimate of drug-likeness (QED) is 0.534. The molecular weight excluding hydrogens is 350 g/mol. The van der Waals surface area contributed by atoms with Crippen LogP contribution in [-0.2, 0) is 6.54 Å². The minimum atomic E-state index is 0.466. The second-order valence-electron chi connectivity index (χ2n) is 7.18. The lowest BCUT2D eigenvalue weighted by Crippen LogP contribution is -2.33. The second kappa shape index (κ2) is 6.92. The number of pyridine rings is 1. The first kappa shape index (κ1) is 16.7. The standard InChI is InChI=1S/C21H22N7/c22-20-19-21(24-14-23-20)28(15-25-19)13-16-3-5-17(6-4-16)27-11-7-18(8-12-27)26-9-1-2-10-26/h3-8,11-12,14-15H,1-2,9-10,13H2,(H2,22,23,24)/q+1/p+1. The van der Waals surface area contributed by atoms with Gasteiger partial charge in [0.15, 0.2) is 30.9 Å². The van der Waals surface area contributed by atoms with Crippen molar-refractivity contribution in [2.75, 3.05) is 23.7 Å². The molecule has 0 bridgehead atoms. The van der Waals surface area contributed by atoms with E-state index in [1.54, 1.807) is 0 Å². The van der Waals surface area contributed by atoms with Gasteiger partial charge < -0.3 is 10.6 Å². The number of rotatable bonds is 4. The number of nitrogens with one attached hydrogen (secondary N) is 1. The molecule has 0 saturated carbocycles. The Labute approximate surface area is 163 Å². The van der Waals surface area contributed by atoms with Crippen LogP contribution < -0.4 is 19.8 Å². The molecule has 7 heteroatoms. The van der Waals surface area contributed by atoms with Crippen LogP contribution >= 0.6 is 0 Å². The summed E-state index contributed by atoms with van der Waals surface area (Å²) in [6, 6.07) is 13.0. The lowest BCUT2D eigenvalue weighted by atomic mass is 10.2. The van der Waals surface area contributed by atoms with Crippen molar-refractivity contribution in [3.8, 4) is 5.69 Å². The number of imidazole rings is 1. The summed E-state index contributed by atoms with van der Waals surface area (Å²) in [6.07, 6.45) is 10.2. The fourth-order valence-corrected chi connectivity index (χ4v) is 3.82. The second-order valence-corrected chi connectivity index (χ2v) is 7.18. The van der Waals surface area contributed by atoms with Crippen molar-refractivity contribution in [1.82, 2.24) is 15.0 Å². The Hall–Kier alpha value is -3.48. The summed E-state index contributed by atoms with van der Waals surface area (Å²) in [7, 11) is 0. The predicted octanol–water partition coefficient (Wildman–Crippen LogP) is 1.75. The molecule has 0 aliphatic carbocycles. The van der Waals surface area contributed by atoms with E-state index >= 15 is 0 Å². The Bertz CT molecular complexity index is 1090. The number of hydrogen-bond acceptors (Lipinski definition) is 4. The van der Waals surface area contributed by atoms with E-state index in [1.165, 1.54) is 43.5 Å². The minimum Gasteiger partial charge on any atom is -0.380 e. The Morgan fingerprint density at radius 3 is 2.50 bits per heavy atom. The monoisotopic (exact) mass is 373 g/mol. The SMILES string of the molecule is Nc1ncnc2c1[nH]c[n+]2Cc1ccc(-[n+]2ccc(N3CCCC3)cc2)cc1. The fraction of sp³-hybridized carbons (Fsp3) is 0.238. The number of aromatic nitrogens is 5. The van der Waals surface area contributed by atoms with Gasteiger partial charge in [0.25, 0.3) is 0 Å². The Morgan fingerprint density at radius 1 is 1.00 bits per heavy atom. The van der Waals surface area contributed by atoms with Gasteiger partial charge in [-0.15, -0.1) is 0 Å². The number of nitrogens with zero attached hydrogens (tertiary/aromatic N) is 5. The normalized spacial score (nSPS) is 14.1. The molecule has 0 amide bonds. The van der Waals surface area contributed by atoms with Crippen molar-refractivity contribution in [3.63, 3.8) is 0 Å². The topological polar surface area (TPSA) is 78.6 Å². The maximum absolute atomic E-state index is 5.90.